The van der Waals surface area contributed by atoms with E-state index in [1.54, 1.807) is 13.2 Å². The fraction of sp³-hybridized carbons (Fsp3) is 0.111. The number of carboxylic acid groups (broad SMARTS) is 1. The third-order valence-corrected chi connectivity index (χ3v) is 1.97. The van der Waals surface area contributed by atoms with Gasteiger partial charge in [0.2, 0.25) is 11.2 Å². The minimum Gasteiger partial charge on any atom is -0.477 e. The smallest absolute Gasteiger partial charge is 0.354 e. The van der Waals surface area contributed by atoms with Crippen LogP contribution in [0.25, 0.3) is 0 Å². The van der Waals surface area contributed by atoms with Crippen molar-refractivity contribution in [2.24, 2.45) is 7.05 Å². The van der Waals surface area contributed by atoms with Gasteiger partial charge in [0.25, 0.3) is 0 Å². The lowest BCUT2D eigenvalue weighted by molar-refractivity contribution is 0.0689. The standard InChI is InChI=1S/C9H7ClN4O3/c1-14-4-5(3-11-14)17-7-2-6(8(15)16)12-9(10)13-7/h2-4H,1H3,(H,15,16). The summed E-state index contributed by atoms with van der Waals surface area (Å²) >= 11 is 5.58. The van der Waals surface area contributed by atoms with E-state index in [1.807, 2.05) is 0 Å². The molecule has 1 N–H and O–H groups in total. The van der Waals surface area contributed by atoms with Crippen LogP contribution in [-0.2, 0) is 7.05 Å². The molecule has 7 nitrogen and oxygen atoms in total. The number of aryl methyl sites for hydroxylation is 1. The van der Waals surface area contributed by atoms with Crippen molar-refractivity contribution in [2.75, 3.05) is 0 Å². The normalized spacial score (nSPS) is 10.2. The van der Waals surface area contributed by atoms with Gasteiger partial charge in [0.15, 0.2) is 11.4 Å². The maximum Gasteiger partial charge on any atom is 0.354 e. The van der Waals surface area contributed by atoms with Gasteiger partial charge in [0.05, 0.1) is 12.4 Å². The van der Waals surface area contributed by atoms with E-state index in [1.165, 1.54) is 16.9 Å². The van der Waals surface area contributed by atoms with Crippen LogP contribution in [0.4, 0.5) is 0 Å². The zero-order valence-corrected chi connectivity index (χ0v) is 9.42. The number of aromatic carboxylic acids is 1. The predicted molar refractivity (Wildman–Crippen MR) is 57.3 cm³/mol. The van der Waals surface area contributed by atoms with E-state index >= 15 is 0 Å². The van der Waals surface area contributed by atoms with Gasteiger partial charge >= 0.3 is 5.97 Å². The molecule has 0 radical (unpaired) electrons. The van der Waals surface area contributed by atoms with Crippen molar-refractivity contribution in [2.45, 2.75) is 0 Å². The first-order chi connectivity index (χ1) is 8.04. The van der Waals surface area contributed by atoms with Gasteiger partial charge in [-0.05, 0) is 11.6 Å². The molecule has 2 aromatic rings. The predicted octanol–water partition coefficient (Wildman–Crippen LogP) is 1.35. The number of aromatic nitrogens is 4. The quantitative estimate of drug-likeness (QED) is 0.832. The zero-order chi connectivity index (χ0) is 12.4. The second kappa shape index (κ2) is 4.38. The summed E-state index contributed by atoms with van der Waals surface area (Å²) in [4.78, 5) is 18.0. The maximum absolute atomic E-state index is 10.7. The highest BCUT2D eigenvalue weighted by atomic mass is 35.5. The summed E-state index contributed by atoms with van der Waals surface area (Å²) in [6.45, 7) is 0. The molecule has 2 rings (SSSR count). The highest BCUT2D eigenvalue weighted by molar-refractivity contribution is 6.28. The Bertz CT molecular complexity index is 569. The lowest BCUT2D eigenvalue weighted by atomic mass is 10.4. The average molecular weight is 255 g/mol. The van der Waals surface area contributed by atoms with Gasteiger partial charge in [-0.25, -0.2) is 9.78 Å². The molecule has 0 bridgehead atoms. The number of nitrogens with zero attached hydrogens (tertiary/aromatic N) is 4. The molecule has 88 valence electrons. The van der Waals surface area contributed by atoms with E-state index < -0.39 is 5.97 Å². The van der Waals surface area contributed by atoms with Crippen molar-refractivity contribution in [1.29, 1.82) is 0 Å². The van der Waals surface area contributed by atoms with Crippen LogP contribution in [0, 0.1) is 0 Å². The first-order valence-electron chi connectivity index (χ1n) is 4.49. The SMILES string of the molecule is Cn1cc(Oc2cc(C(=O)O)nc(Cl)n2)cn1. The number of rotatable bonds is 3. The molecule has 0 aliphatic carbocycles. The van der Waals surface area contributed by atoms with Crippen molar-refractivity contribution in [3.05, 3.63) is 29.4 Å². The van der Waals surface area contributed by atoms with Crippen LogP contribution in [-0.4, -0.2) is 30.8 Å². The second-order valence-electron chi connectivity index (χ2n) is 3.12. The number of ether oxygens (including phenoxy) is 1. The third-order valence-electron chi connectivity index (χ3n) is 1.80. The molecule has 0 aromatic carbocycles. The van der Waals surface area contributed by atoms with Gasteiger partial charge < -0.3 is 9.84 Å². The summed E-state index contributed by atoms with van der Waals surface area (Å²) in [5.41, 5.74) is -0.233. The van der Waals surface area contributed by atoms with Crippen molar-refractivity contribution < 1.29 is 14.6 Å². The Morgan fingerprint density at radius 1 is 1.53 bits per heavy atom. The molecule has 0 saturated carbocycles. The lowest BCUT2D eigenvalue weighted by Crippen LogP contribution is -2.02. The molecule has 2 heterocycles. The maximum atomic E-state index is 10.7. The third kappa shape index (κ3) is 2.70. The molecule has 17 heavy (non-hydrogen) atoms. The summed E-state index contributed by atoms with van der Waals surface area (Å²) in [7, 11) is 1.72. The molecule has 0 aliphatic rings. The Balaban J connectivity index is 2.29. The first-order valence-corrected chi connectivity index (χ1v) is 4.87. The van der Waals surface area contributed by atoms with Gasteiger partial charge in [0.1, 0.15) is 0 Å². The highest BCUT2D eigenvalue weighted by Gasteiger charge is 2.11. The number of hydrogen-bond donors (Lipinski definition) is 1. The van der Waals surface area contributed by atoms with Crippen molar-refractivity contribution in [1.82, 2.24) is 19.7 Å². The van der Waals surface area contributed by atoms with E-state index in [2.05, 4.69) is 15.1 Å². The Morgan fingerprint density at radius 2 is 2.29 bits per heavy atom. The summed E-state index contributed by atoms with van der Waals surface area (Å²) in [6, 6.07) is 1.18. The molecular weight excluding hydrogens is 248 g/mol. The minimum atomic E-state index is -1.20. The van der Waals surface area contributed by atoms with Crippen molar-refractivity contribution in [3.8, 4) is 11.6 Å². The van der Waals surface area contributed by atoms with Crippen LogP contribution in [0.2, 0.25) is 5.28 Å². The van der Waals surface area contributed by atoms with Crippen molar-refractivity contribution >= 4 is 17.6 Å². The fourth-order valence-corrected chi connectivity index (χ4v) is 1.31. The van der Waals surface area contributed by atoms with Gasteiger partial charge in [0, 0.05) is 13.1 Å². The monoisotopic (exact) mass is 254 g/mol. The lowest BCUT2D eigenvalue weighted by Gasteiger charge is -2.02. The van der Waals surface area contributed by atoms with Crippen LogP contribution in [0.1, 0.15) is 10.5 Å². The Morgan fingerprint density at radius 3 is 2.88 bits per heavy atom. The largest absolute Gasteiger partial charge is 0.477 e. The van der Waals surface area contributed by atoms with Crippen LogP contribution >= 0.6 is 11.6 Å². The summed E-state index contributed by atoms with van der Waals surface area (Å²) in [5.74, 6) is -0.723. The van der Waals surface area contributed by atoms with Crippen LogP contribution in [0.5, 0.6) is 11.6 Å². The Kier molecular flexibility index (Phi) is 2.92. The van der Waals surface area contributed by atoms with Crippen LogP contribution in [0.3, 0.4) is 0 Å². The van der Waals surface area contributed by atoms with Gasteiger partial charge in [-0.2, -0.15) is 10.1 Å². The van der Waals surface area contributed by atoms with E-state index in [9.17, 15) is 4.79 Å². The van der Waals surface area contributed by atoms with Gasteiger partial charge in [-0.3, -0.25) is 4.68 Å². The van der Waals surface area contributed by atoms with Gasteiger partial charge in [-0.1, -0.05) is 0 Å². The highest BCUT2D eigenvalue weighted by Crippen LogP contribution is 2.20. The Hall–Kier alpha value is -2.15. The van der Waals surface area contributed by atoms with E-state index in [0.717, 1.165) is 0 Å². The number of carbonyl (C=O) groups is 1. The average Bonchev–Trinajstić information content (AvgIpc) is 2.63. The molecular formula is C9H7ClN4O3. The fourth-order valence-electron chi connectivity index (χ4n) is 1.13. The topological polar surface area (TPSA) is 90.1 Å². The number of hydrogen-bond acceptors (Lipinski definition) is 5. The number of carboxylic acids is 1. The Labute approximate surface area is 101 Å². The molecule has 2 aromatic heterocycles. The van der Waals surface area contributed by atoms with E-state index in [4.69, 9.17) is 21.4 Å². The number of halogens is 1. The molecule has 8 heteroatoms. The van der Waals surface area contributed by atoms with Crippen molar-refractivity contribution in [3.63, 3.8) is 0 Å². The molecule has 0 unspecified atom stereocenters. The summed E-state index contributed by atoms with van der Waals surface area (Å²) in [6.07, 6.45) is 3.08. The van der Waals surface area contributed by atoms with Gasteiger partial charge in [-0.15, -0.1) is 0 Å². The molecule has 0 fully saturated rings. The molecule has 0 atom stereocenters. The molecule has 0 saturated heterocycles. The van der Waals surface area contributed by atoms with E-state index in [0.29, 0.717) is 5.75 Å². The van der Waals surface area contributed by atoms with Crippen LogP contribution < -0.4 is 4.74 Å². The first kappa shape index (κ1) is 11.3. The zero-order valence-electron chi connectivity index (χ0n) is 8.66. The molecule has 0 aliphatic heterocycles. The second-order valence-corrected chi connectivity index (χ2v) is 3.46. The summed E-state index contributed by atoms with van der Waals surface area (Å²) < 4.78 is 6.83. The minimum absolute atomic E-state index is 0.0513. The van der Waals surface area contributed by atoms with Crippen LogP contribution in [0.15, 0.2) is 18.5 Å². The van der Waals surface area contributed by atoms with E-state index in [-0.39, 0.29) is 16.9 Å². The summed E-state index contributed by atoms with van der Waals surface area (Å²) in [5, 5.41) is 12.5. The molecule has 0 amide bonds. The molecule has 0 spiro atoms.